The maximum Gasteiger partial charge on any atom is 0.319 e. The molecule has 69 heavy (non-hydrogen) atoms. The highest BCUT2D eigenvalue weighted by Gasteiger charge is 2.50. The van der Waals surface area contributed by atoms with Crippen molar-refractivity contribution in [2.45, 2.75) is 87.5 Å². The second-order valence-corrected chi connectivity index (χ2v) is 18.9. The van der Waals surface area contributed by atoms with Crippen molar-refractivity contribution in [2.24, 2.45) is 0 Å². The summed E-state index contributed by atoms with van der Waals surface area (Å²) in [6, 6.07) is 9.64. The van der Waals surface area contributed by atoms with E-state index in [1.54, 1.807) is 12.1 Å². The van der Waals surface area contributed by atoms with Crippen molar-refractivity contribution in [3.63, 3.8) is 0 Å². The number of carbonyl (C=O) groups excluding carboxylic acids is 5. The molecule has 5 fully saturated rings. The molecule has 3 aromatic carbocycles. The lowest BCUT2D eigenvalue weighted by atomic mass is 9.95. The molecule has 0 saturated carbocycles. The molecular formula is C50H48F2N10O7. The van der Waals surface area contributed by atoms with Gasteiger partial charge in [0.25, 0.3) is 11.8 Å². The highest BCUT2D eigenvalue weighted by Crippen LogP contribution is 2.44. The smallest absolute Gasteiger partial charge is 0.319 e. The zero-order valence-corrected chi connectivity index (χ0v) is 37.4. The lowest BCUT2D eigenvalue weighted by Crippen LogP contribution is -2.54. The number of pyridine rings is 1. The second kappa shape index (κ2) is 17.3. The van der Waals surface area contributed by atoms with Crippen LogP contribution in [0.5, 0.6) is 11.8 Å². The Morgan fingerprint density at radius 1 is 1.00 bits per heavy atom. The first-order valence-electron chi connectivity index (χ1n) is 23.4. The zero-order valence-electron chi connectivity index (χ0n) is 37.4. The standard InChI is InChI=1S/C50H48F2N10O7/c1-2-31-35(51)10-7-26-19-30(63)20-33(40(26)31)43-42(52)44-34(22-55-43)45(60-23-27-8-9-28(24-60)56-27)59-49(58-44)69-25-50-15-4-18-61(50)29(13-16-50)21-54-38(64)14-17-53-36-6-3-5-32-41(36)48(68)62(47(32)67)37-11-12-39(65)57-46(37)66/h1,3,5-7,10,19-20,22,27-29,37,53,56,63H,4,8-9,11-18,21,23-25H2,(H,54,64)(H,57,65,66). The minimum atomic E-state index is -1.09. The summed E-state index contributed by atoms with van der Waals surface area (Å²) in [6.45, 7) is 2.88. The van der Waals surface area contributed by atoms with Gasteiger partial charge < -0.3 is 30.7 Å². The number of fused-ring (bicyclic) bond motifs is 6. The number of terminal acetylenes is 1. The fourth-order valence-electron chi connectivity index (χ4n) is 11.6. The fraction of sp³-hybridized carbons (Fsp3) is 0.400. The summed E-state index contributed by atoms with van der Waals surface area (Å²) >= 11 is 0. The Labute approximate surface area is 394 Å². The summed E-state index contributed by atoms with van der Waals surface area (Å²) in [5.41, 5.74) is 0.114. The highest BCUT2D eigenvalue weighted by molar-refractivity contribution is 6.25. The van der Waals surface area contributed by atoms with Crippen molar-refractivity contribution >= 4 is 62.7 Å². The van der Waals surface area contributed by atoms with Crippen molar-refractivity contribution in [3.05, 3.63) is 77.0 Å². The van der Waals surface area contributed by atoms with Gasteiger partial charge in [-0.2, -0.15) is 9.97 Å². The molecule has 5 aromatic rings. The minimum Gasteiger partial charge on any atom is -0.508 e. The minimum absolute atomic E-state index is 0.000150. The Balaban J connectivity index is 0.783. The van der Waals surface area contributed by atoms with Crippen LogP contribution in [0.2, 0.25) is 0 Å². The van der Waals surface area contributed by atoms with Crippen LogP contribution in [0.15, 0.2) is 48.7 Å². The topological polar surface area (TPSA) is 211 Å². The molecule has 0 aliphatic carbocycles. The molecule has 11 rings (SSSR count). The van der Waals surface area contributed by atoms with Gasteiger partial charge in [-0.1, -0.05) is 18.1 Å². The van der Waals surface area contributed by atoms with Gasteiger partial charge in [0.1, 0.15) is 41.2 Å². The Morgan fingerprint density at radius 2 is 1.83 bits per heavy atom. The van der Waals surface area contributed by atoms with Gasteiger partial charge >= 0.3 is 6.01 Å². The number of piperidine rings is 1. The molecular weight excluding hydrogens is 891 g/mol. The van der Waals surface area contributed by atoms with Gasteiger partial charge in [-0.15, -0.1) is 6.42 Å². The number of carbonyl (C=O) groups is 5. The highest BCUT2D eigenvalue weighted by atomic mass is 19.1. The lowest BCUT2D eigenvalue weighted by molar-refractivity contribution is -0.136. The first-order valence-corrected chi connectivity index (χ1v) is 23.4. The van der Waals surface area contributed by atoms with E-state index in [0.29, 0.717) is 41.9 Å². The number of phenols is 1. The Kier molecular flexibility index (Phi) is 11.1. The maximum absolute atomic E-state index is 17.2. The molecule has 17 nitrogen and oxygen atoms in total. The number of rotatable bonds is 12. The van der Waals surface area contributed by atoms with Crippen LogP contribution >= 0.6 is 0 Å². The van der Waals surface area contributed by atoms with E-state index in [0.717, 1.165) is 50.0 Å². The van der Waals surface area contributed by atoms with Crippen molar-refractivity contribution in [1.29, 1.82) is 0 Å². The summed E-state index contributed by atoms with van der Waals surface area (Å²) in [6.07, 6.45) is 12.8. The van der Waals surface area contributed by atoms with Crippen molar-refractivity contribution in [1.82, 2.24) is 40.7 Å². The Bertz CT molecular complexity index is 3060. The van der Waals surface area contributed by atoms with Crippen LogP contribution in [0.1, 0.15) is 84.1 Å². The molecule has 8 heterocycles. The normalized spacial score (nSPS) is 24.2. The zero-order chi connectivity index (χ0) is 47.7. The van der Waals surface area contributed by atoms with Crippen LogP contribution in [0.4, 0.5) is 20.3 Å². The summed E-state index contributed by atoms with van der Waals surface area (Å²) in [7, 11) is 0. The van der Waals surface area contributed by atoms with Gasteiger partial charge in [0.05, 0.1) is 27.6 Å². The molecule has 5 unspecified atom stereocenters. The summed E-state index contributed by atoms with van der Waals surface area (Å²) in [5, 5.41) is 23.8. The number of nitrogens with zero attached hydrogens (tertiary/aromatic N) is 6. The first-order chi connectivity index (χ1) is 33.4. The van der Waals surface area contributed by atoms with Crippen molar-refractivity contribution < 1.29 is 42.6 Å². The number of ether oxygens (including phenoxy) is 1. The van der Waals surface area contributed by atoms with Crippen LogP contribution in [0.25, 0.3) is 32.9 Å². The number of imide groups is 2. The van der Waals surface area contributed by atoms with Crippen LogP contribution in [-0.2, 0) is 14.4 Å². The molecule has 5 N–H and O–H groups in total. The molecule has 2 aromatic heterocycles. The molecule has 2 bridgehead atoms. The first kappa shape index (κ1) is 44.2. The van der Waals surface area contributed by atoms with Crippen molar-refractivity contribution in [3.8, 4) is 35.4 Å². The Hall–Kier alpha value is -7.30. The van der Waals surface area contributed by atoms with E-state index in [9.17, 15) is 29.1 Å². The van der Waals surface area contributed by atoms with E-state index in [1.807, 2.05) is 0 Å². The van der Waals surface area contributed by atoms with Gasteiger partial charge in [0.15, 0.2) is 5.82 Å². The summed E-state index contributed by atoms with van der Waals surface area (Å²) in [5.74, 6) is -1.33. The molecule has 0 radical (unpaired) electrons. The molecule has 354 valence electrons. The average molecular weight is 939 g/mol. The Morgan fingerprint density at radius 3 is 2.62 bits per heavy atom. The number of nitrogens with one attached hydrogen (secondary N) is 4. The number of amides is 5. The van der Waals surface area contributed by atoms with Gasteiger partial charge in [-0.25, -0.2) is 8.78 Å². The lowest BCUT2D eigenvalue weighted by Gasteiger charge is -2.35. The largest absolute Gasteiger partial charge is 0.508 e. The number of benzene rings is 3. The van der Waals surface area contributed by atoms with Gasteiger partial charge in [-0.3, -0.25) is 44.1 Å². The van der Waals surface area contributed by atoms with Crippen molar-refractivity contribution in [2.75, 3.05) is 49.5 Å². The maximum atomic E-state index is 17.2. The van der Waals surface area contributed by atoms with Gasteiger partial charge in [-0.05, 0) is 87.2 Å². The second-order valence-electron chi connectivity index (χ2n) is 18.9. The van der Waals surface area contributed by atoms with Crippen LogP contribution < -0.4 is 30.9 Å². The van der Waals surface area contributed by atoms with Crippen LogP contribution in [-0.4, -0.2) is 128 Å². The molecule has 19 heteroatoms. The predicted molar refractivity (Wildman–Crippen MR) is 248 cm³/mol. The molecule has 6 aliphatic rings. The number of phenolic OH excluding ortho intramolecular Hbond substituents is 1. The van der Waals surface area contributed by atoms with E-state index in [4.69, 9.17) is 16.1 Å². The van der Waals surface area contributed by atoms with Gasteiger partial charge in [0, 0.05) is 80.0 Å². The third-order valence-electron chi connectivity index (χ3n) is 14.8. The van der Waals surface area contributed by atoms with E-state index in [2.05, 4.69) is 47.0 Å². The summed E-state index contributed by atoms with van der Waals surface area (Å²) in [4.78, 5) is 83.8. The number of hydrogen-bond donors (Lipinski definition) is 5. The fourth-order valence-corrected chi connectivity index (χ4v) is 11.6. The quantitative estimate of drug-likeness (QED) is 0.0880. The number of anilines is 2. The average Bonchev–Trinajstić information content (AvgIpc) is 4.08. The molecule has 0 spiro atoms. The predicted octanol–water partition coefficient (Wildman–Crippen LogP) is 4.15. The molecule has 5 saturated heterocycles. The molecule has 6 aliphatic heterocycles. The SMILES string of the molecule is C#Cc1c(F)ccc2cc(O)cc(-c3ncc4c(N5CC6CCC(C5)N6)nc(OCC56CCCN5C(CNC(=O)CCNc5cccc7c5C(=O)N(C5CCC(=O)NC5=O)C7=O)CC6)nc4c3F)c12. The number of piperazine rings is 1. The van der Waals surface area contributed by atoms with E-state index < -0.39 is 41.3 Å². The number of aromatic hydroxyl groups is 1. The third kappa shape index (κ3) is 7.71. The number of halogens is 2. The summed E-state index contributed by atoms with van der Waals surface area (Å²) < 4.78 is 38.8. The van der Waals surface area contributed by atoms with Crippen LogP contribution in [0.3, 0.4) is 0 Å². The van der Waals surface area contributed by atoms with E-state index in [1.165, 1.54) is 36.5 Å². The van der Waals surface area contributed by atoms with Gasteiger partial charge in [0.2, 0.25) is 17.7 Å². The number of hydrogen-bond acceptors (Lipinski definition) is 14. The van der Waals surface area contributed by atoms with Crippen LogP contribution in [0, 0.1) is 24.0 Å². The number of aromatic nitrogens is 3. The molecule has 5 atom stereocenters. The van der Waals surface area contributed by atoms with E-state index in [-0.39, 0.29) is 113 Å². The third-order valence-corrected chi connectivity index (χ3v) is 14.8. The van der Waals surface area contributed by atoms with E-state index >= 15 is 8.78 Å². The molecule has 5 amide bonds. The monoisotopic (exact) mass is 938 g/mol.